The van der Waals surface area contributed by atoms with E-state index >= 15 is 0 Å². The molecule has 0 bridgehead atoms. The molecule has 0 aromatic rings. The van der Waals surface area contributed by atoms with Gasteiger partial charge in [0.15, 0.2) is 6.10 Å². The van der Waals surface area contributed by atoms with Gasteiger partial charge in [-0.2, -0.15) is 0 Å². The number of nitrogens with two attached hydrogens (primary N) is 1. The lowest BCUT2D eigenvalue weighted by Gasteiger charge is -2.19. The summed E-state index contributed by atoms with van der Waals surface area (Å²) in [7, 11) is -4.39. The number of hydrogen-bond acceptors (Lipinski definition) is 8. The van der Waals surface area contributed by atoms with Crippen molar-refractivity contribution in [2.24, 2.45) is 5.73 Å². The zero-order valence-electron chi connectivity index (χ0n) is 49.7. The second kappa shape index (κ2) is 62.1. The first kappa shape index (κ1) is 73.9. The Morgan fingerprint density at radius 3 is 1.00 bits per heavy atom. The Bertz CT molecular complexity index is 1580. The van der Waals surface area contributed by atoms with Gasteiger partial charge in [0, 0.05) is 19.4 Å². The number of phosphoric acid groups is 1. The van der Waals surface area contributed by atoms with E-state index in [9.17, 15) is 19.0 Å². The highest BCUT2D eigenvalue weighted by Gasteiger charge is 2.26. The zero-order valence-corrected chi connectivity index (χ0v) is 50.6. The summed E-state index contributed by atoms with van der Waals surface area (Å²) in [5.41, 5.74) is 5.39. The number of carbonyl (C=O) groups excluding carboxylic acids is 2. The molecular weight excluding hydrogens is 978 g/mol. The van der Waals surface area contributed by atoms with Crippen LogP contribution in [-0.4, -0.2) is 49.3 Å². The predicted molar refractivity (Wildman–Crippen MR) is 330 cm³/mol. The third-order valence-electron chi connectivity index (χ3n) is 13.5. The Morgan fingerprint density at radius 1 is 0.390 bits per heavy atom. The molecule has 2 atom stereocenters. The molecule has 3 N–H and O–H groups in total. The molecule has 10 heteroatoms. The Labute approximate surface area is 474 Å². The molecule has 0 aliphatic heterocycles. The normalized spacial score (nSPS) is 13.7. The largest absolute Gasteiger partial charge is 0.472 e. The Hall–Kier alpha value is -3.07. The highest BCUT2D eigenvalue weighted by molar-refractivity contribution is 7.47. The third-order valence-corrected chi connectivity index (χ3v) is 14.4. The number of allylic oxidation sites excluding steroid dienone is 16. The van der Waals surface area contributed by atoms with E-state index in [-0.39, 0.29) is 38.6 Å². The molecule has 0 fully saturated rings. The van der Waals surface area contributed by atoms with Gasteiger partial charge < -0.3 is 20.1 Å². The summed E-state index contributed by atoms with van der Waals surface area (Å²) >= 11 is 0. The summed E-state index contributed by atoms with van der Waals surface area (Å²) in [5.74, 6) is -0.826. The highest BCUT2D eigenvalue weighted by atomic mass is 31.2. The summed E-state index contributed by atoms with van der Waals surface area (Å²) in [4.78, 5) is 35.3. The number of phosphoric ester groups is 1. The maximum absolute atomic E-state index is 12.7. The van der Waals surface area contributed by atoms with E-state index < -0.39 is 26.5 Å². The van der Waals surface area contributed by atoms with Gasteiger partial charge in [0.2, 0.25) is 0 Å². The summed E-state index contributed by atoms with van der Waals surface area (Å²) in [5, 5.41) is 0. The van der Waals surface area contributed by atoms with Gasteiger partial charge in [-0.1, -0.05) is 278 Å². The maximum atomic E-state index is 12.7. The van der Waals surface area contributed by atoms with Crippen LogP contribution in [0.2, 0.25) is 0 Å². The van der Waals surface area contributed by atoms with E-state index in [1.807, 2.05) is 0 Å². The van der Waals surface area contributed by atoms with Crippen molar-refractivity contribution in [3.63, 3.8) is 0 Å². The number of rotatable bonds is 59. The van der Waals surface area contributed by atoms with Crippen LogP contribution in [0, 0.1) is 0 Å². The average molecular weight is 1100 g/mol. The molecule has 0 aliphatic rings. The Morgan fingerprint density at radius 2 is 0.675 bits per heavy atom. The van der Waals surface area contributed by atoms with Gasteiger partial charge in [0.05, 0.1) is 13.2 Å². The first-order chi connectivity index (χ1) is 37.8. The zero-order chi connectivity index (χ0) is 55.9. The minimum atomic E-state index is -4.39. The molecule has 0 heterocycles. The van der Waals surface area contributed by atoms with Crippen LogP contribution >= 0.6 is 7.82 Å². The van der Waals surface area contributed by atoms with Crippen molar-refractivity contribution in [1.82, 2.24) is 0 Å². The fourth-order valence-corrected chi connectivity index (χ4v) is 9.62. The minimum absolute atomic E-state index is 0.0505. The number of esters is 2. The lowest BCUT2D eigenvalue weighted by molar-refractivity contribution is -0.161. The van der Waals surface area contributed by atoms with Crippen LogP contribution in [0.4, 0.5) is 0 Å². The van der Waals surface area contributed by atoms with Gasteiger partial charge in [0.1, 0.15) is 6.61 Å². The quantitative estimate of drug-likeness (QED) is 0.0264. The van der Waals surface area contributed by atoms with Gasteiger partial charge >= 0.3 is 19.8 Å². The van der Waals surface area contributed by atoms with Gasteiger partial charge in [-0.25, -0.2) is 4.57 Å². The van der Waals surface area contributed by atoms with Crippen LogP contribution < -0.4 is 5.73 Å². The third kappa shape index (κ3) is 62.0. The Kier molecular flexibility index (Phi) is 59.7. The van der Waals surface area contributed by atoms with Crippen molar-refractivity contribution in [2.45, 2.75) is 290 Å². The van der Waals surface area contributed by atoms with Gasteiger partial charge in [-0.3, -0.25) is 18.6 Å². The second-order valence-electron chi connectivity index (χ2n) is 20.9. The van der Waals surface area contributed by atoms with E-state index in [4.69, 9.17) is 24.3 Å². The molecule has 0 aromatic heterocycles. The van der Waals surface area contributed by atoms with E-state index in [1.54, 1.807) is 0 Å². The van der Waals surface area contributed by atoms with Gasteiger partial charge in [0.25, 0.3) is 0 Å². The number of carbonyl (C=O) groups is 2. The summed E-state index contributed by atoms with van der Waals surface area (Å²) in [6, 6.07) is 0. The summed E-state index contributed by atoms with van der Waals surface area (Å²) in [6.45, 7) is 3.54. The highest BCUT2D eigenvalue weighted by Crippen LogP contribution is 2.43. The molecule has 0 spiro atoms. The smallest absolute Gasteiger partial charge is 0.462 e. The minimum Gasteiger partial charge on any atom is -0.462 e. The monoisotopic (exact) mass is 1100 g/mol. The summed E-state index contributed by atoms with van der Waals surface area (Å²) in [6.07, 6.45) is 83.4. The van der Waals surface area contributed by atoms with Crippen LogP contribution in [0.5, 0.6) is 0 Å². The number of unbranched alkanes of at least 4 members (excludes halogenated alkanes) is 30. The first-order valence-corrected chi connectivity index (χ1v) is 33.2. The fourth-order valence-electron chi connectivity index (χ4n) is 8.86. The molecular formula is C67H118NO8P. The lowest BCUT2D eigenvalue weighted by atomic mass is 10.0. The molecule has 444 valence electrons. The average Bonchev–Trinajstić information content (AvgIpc) is 3.42. The van der Waals surface area contributed by atoms with Crippen LogP contribution in [0.3, 0.4) is 0 Å². The predicted octanol–water partition coefficient (Wildman–Crippen LogP) is 20.4. The standard InChI is InChI=1S/C67H118NO8P/c1-3-5-7-9-11-13-15-17-19-21-23-25-27-28-29-30-31-32-33-34-35-36-38-40-42-44-46-48-50-52-54-56-58-60-67(70)76-65(64-75-77(71,72)74-62-61-68)63-73-66(69)59-57-55-53-51-49-47-45-43-41-39-37-26-24-22-20-18-16-14-12-10-8-6-4-2/h5-8,11-14,17-20,23-26,65H,3-4,9-10,15-16,21-22,27-64,68H2,1-2H3,(H,71,72)/b7-5-,8-6-,13-11-,14-12-,19-17-,20-18-,25-23-,26-24-. The fraction of sp³-hybridized carbons (Fsp3) is 0.731. The molecule has 9 nitrogen and oxygen atoms in total. The topological polar surface area (TPSA) is 134 Å². The van der Waals surface area contributed by atoms with E-state index in [0.717, 1.165) is 103 Å². The maximum Gasteiger partial charge on any atom is 0.472 e. The molecule has 0 saturated carbocycles. The van der Waals surface area contributed by atoms with E-state index in [0.29, 0.717) is 6.42 Å². The number of ether oxygens (including phenoxy) is 2. The van der Waals surface area contributed by atoms with Crippen molar-refractivity contribution in [1.29, 1.82) is 0 Å². The van der Waals surface area contributed by atoms with Crippen LogP contribution in [-0.2, 0) is 32.7 Å². The van der Waals surface area contributed by atoms with Crippen LogP contribution in [0.1, 0.15) is 284 Å². The SMILES string of the molecule is CC/C=C\C/C=C\C/C=C\C/C=C\CCCCCCCCCCCCCCCCCCCCCCC(=O)OC(COC(=O)CCCCCCCCCCCC/C=C\C/C=C\C/C=C\C/C=C\CC)COP(=O)(O)OCCN. The van der Waals surface area contributed by atoms with Crippen molar-refractivity contribution < 1.29 is 37.6 Å². The van der Waals surface area contributed by atoms with Crippen molar-refractivity contribution in [3.8, 4) is 0 Å². The Balaban J connectivity index is 3.89. The second-order valence-corrected chi connectivity index (χ2v) is 22.3. The van der Waals surface area contributed by atoms with Crippen LogP contribution in [0.25, 0.3) is 0 Å². The van der Waals surface area contributed by atoms with Crippen molar-refractivity contribution in [3.05, 3.63) is 97.2 Å². The molecule has 0 radical (unpaired) electrons. The molecule has 0 rings (SSSR count). The van der Waals surface area contributed by atoms with E-state index in [2.05, 4.69) is 111 Å². The molecule has 0 amide bonds. The van der Waals surface area contributed by atoms with Gasteiger partial charge in [-0.15, -0.1) is 0 Å². The molecule has 0 aliphatic carbocycles. The van der Waals surface area contributed by atoms with Crippen molar-refractivity contribution in [2.75, 3.05) is 26.4 Å². The molecule has 2 unspecified atom stereocenters. The van der Waals surface area contributed by atoms with Crippen molar-refractivity contribution >= 4 is 19.8 Å². The molecule has 0 saturated heterocycles. The summed E-state index contributed by atoms with van der Waals surface area (Å²) < 4.78 is 33.1. The van der Waals surface area contributed by atoms with Gasteiger partial charge in [-0.05, 0) is 89.9 Å². The molecule has 0 aromatic carbocycles. The van der Waals surface area contributed by atoms with E-state index in [1.165, 1.54) is 148 Å². The number of hydrogen-bond donors (Lipinski definition) is 2. The van der Waals surface area contributed by atoms with Crippen LogP contribution in [0.15, 0.2) is 97.2 Å². The lowest BCUT2D eigenvalue weighted by Crippen LogP contribution is -2.29. The molecule has 77 heavy (non-hydrogen) atoms. The first-order valence-electron chi connectivity index (χ1n) is 31.7.